The van der Waals surface area contributed by atoms with Crippen LogP contribution in [-0.4, -0.2) is 40.8 Å². The van der Waals surface area contributed by atoms with Crippen LogP contribution in [0.5, 0.6) is 0 Å². The number of nitrogens with zero attached hydrogens (tertiary/aromatic N) is 3. The van der Waals surface area contributed by atoms with Gasteiger partial charge in [-0.15, -0.1) is 0 Å². The minimum atomic E-state index is 0.353. The normalized spacial score (nSPS) is 25.3. The zero-order valence-electron chi connectivity index (χ0n) is 14.6. The highest BCUT2D eigenvalue weighted by Crippen LogP contribution is 2.34. The van der Waals surface area contributed by atoms with Gasteiger partial charge in [0.05, 0.1) is 24.6 Å². The molecule has 2 aliphatic rings. The largest absolute Gasteiger partial charge is 0.373 e. The molecule has 2 aromatic rings. The highest BCUT2D eigenvalue weighted by molar-refractivity contribution is 5.80. The SMILES string of the molecule is CN=C(NCc1ccc(Cn2ccnc2)cc1)NC1CC2CCC1O2. The van der Waals surface area contributed by atoms with Crippen LogP contribution in [-0.2, 0) is 17.8 Å². The van der Waals surface area contributed by atoms with Crippen molar-refractivity contribution in [3.63, 3.8) is 0 Å². The van der Waals surface area contributed by atoms with Crippen molar-refractivity contribution >= 4 is 5.96 Å². The molecule has 6 nitrogen and oxygen atoms in total. The van der Waals surface area contributed by atoms with Gasteiger partial charge < -0.3 is 19.9 Å². The Morgan fingerprint density at radius 3 is 2.76 bits per heavy atom. The van der Waals surface area contributed by atoms with Crippen LogP contribution in [0.25, 0.3) is 0 Å². The Morgan fingerprint density at radius 2 is 2.12 bits per heavy atom. The number of nitrogens with one attached hydrogen (secondary N) is 2. The van der Waals surface area contributed by atoms with Gasteiger partial charge in [0.1, 0.15) is 0 Å². The smallest absolute Gasteiger partial charge is 0.191 e. The lowest BCUT2D eigenvalue weighted by molar-refractivity contribution is 0.0992. The van der Waals surface area contributed by atoms with Crippen LogP contribution in [0.4, 0.5) is 0 Å². The molecule has 4 rings (SSSR count). The number of benzene rings is 1. The van der Waals surface area contributed by atoms with Crippen molar-refractivity contribution in [2.75, 3.05) is 7.05 Å². The first-order chi connectivity index (χ1) is 12.3. The summed E-state index contributed by atoms with van der Waals surface area (Å²) >= 11 is 0. The number of rotatable bonds is 5. The Labute approximate surface area is 148 Å². The van der Waals surface area contributed by atoms with Gasteiger partial charge in [-0.2, -0.15) is 0 Å². The number of guanidine groups is 1. The quantitative estimate of drug-likeness (QED) is 0.645. The molecule has 1 aromatic heterocycles. The summed E-state index contributed by atoms with van der Waals surface area (Å²) in [5.41, 5.74) is 2.50. The molecule has 0 spiro atoms. The zero-order chi connectivity index (χ0) is 17.1. The maximum absolute atomic E-state index is 5.90. The summed E-state index contributed by atoms with van der Waals surface area (Å²) in [7, 11) is 1.82. The van der Waals surface area contributed by atoms with E-state index in [1.54, 1.807) is 6.20 Å². The van der Waals surface area contributed by atoms with Crippen LogP contribution >= 0.6 is 0 Å². The first kappa shape index (κ1) is 16.1. The van der Waals surface area contributed by atoms with Crippen LogP contribution in [0, 0.1) is 0 Å². The molecular formula is C19H25N5O. The summed E-state index contributed by atoms with van der Waals surface area (Å²) in [6.07, 6.45) is 9.88. The van der Waals surface area contributed by atoms with Crippen LogP contribution in [0.3, 0.4) is 0 Å². The molecule has 3 heterocycles. The van der Waals surface area contributed by atoms with Gasteiger partial charge in [0.2, 0.25) is 0 Å². The summed E-state index contributed by atoms with van der Waals surface area (Å²) < 4.78 is 7.96. The number of hydrogen-bond acceptors (Lipinski definition) is 3. The molecule has 1 aromatic carbocycles. The summed E-state index contributed by atoms with van der Waals surface area (Å²) in [5, 5.41) is 6.92. The topological polar surface area (TPSA) is 63.5 Å². The lowest BCUT2D eigenvalue weighted by Crippen LogP contribution is -2.47. The predicted molar refractivity (Wildman–Crippen MR) is 97.4 cm³/mol. The van der Waals surface area contributed by atoms with E-state index < -0.39 is 0 Å². The van der Waals surface area contributed by atoms with Gasteiger partial charge in [-0.05, 0) is 30.4 Å². The summed E-state index contributed by atoms with van der Waals surface area (Å²) in [6, 6.07) is 9.04. The minimum Gasteiger partial charge on any atom is -0.373 e. The van der Waals surface area contributed by atoms with Crippen molar-refractivity contribution in [2.24, 2.45) is 4.99 Å². The highest BCUT2D eigenvalue weighted by Gasteiger charge is 2.41. The summed E-state index contributed by atoms with van der Waals surface area (Å²) in [6.45, 7) is 1.61. The van der Waals surface area contributed by atoms with Gasteiger partial charge in [0.15, 0.2) is 5.96 Å². The van der Waals surface area contributed by atoms with E-state index in [-0.39, 0.29) is 0 Å². The van der Waals surface area contributed by atoms with E-state index in [1.165, 1.54) is 17.5 Å². The zero-order valence-corrected chi connectivity index (χ0v) is 14.6. The average Bonchev–Trinajstić information content (AvgIpc) is 3.38. The van der Waals surface area contributed by atoms with Crippen molar-refractivity contribution in [2.45, 2.75) is 50.6 Å². The molecule has 2 saturated heterocycles. The Hall–Kier alpha value is -2.34. The highest BCUT2D eigenvalue weighted by atomic mass is 16.5. The van der Waals surface area contributed by atoms with E-state index in [4.69, 9.17) is 4.74 Å². The fourth-order valence-electron chi connectivity index (χ4n) is 3.70. The number of ether oxygens (including phenoxy) is 1. The van der Waals surface area contributed by atoms with Crippen molar-refractivity contribution in [1.29, 1.82) is 0 Å². The molecule has 6 heteroatoms. The fraction of sp³-hybridized carbons (Fsp3) is 0.474. The van der Waals surface area contributed by atoms with E-state index in [2.05, 4.69) is 49.4 Å². The van der Waals surface area contributed by atoms with E-state index >= 15 is 0 Å². The third kappa shape index (κ3) is 3.85. The Morgan fingerprint density at radius 1 is 1.28 bits per heavy atom. The number of hydrogen-bond donors (Lipinski definition) is 2. The van der Waals surface area contributed by atoms with E-state index in [0.717, 1.165) is 31.9 Å². The number of fused-ring (bicyclic) bond motifs is 2. The second kappa shape index (κ2) is 7.27. The molecule has 2 N–H and O–H groups in total. The van der Waals surface area contributed by atoms with Crippen LogP contribution in [0.2, 0.25) is 0 Å². The van der Waals surface area contributed by atoms with Gasteiger partial charge in [-0.25, -0.2) is 4.98 Å². The Balaban J connectivity index is 1.28. The van der Waals surface area contributed by atoms with E-state index in [1.807, 2.05) is 19.6 Å². The molecule has 2 bridgehead atoms. The summed E-state index contributed by atoms with van der Waals surface area (Å²) in [4.78, 5) is 8.42. The molecule has 3 unspecified atom stereocenters. The second-order valence-electron chi connectivity index (χ2n) is 6.84. The van der Waals surface area contributed by atoms with Gasteiger partial charge in [0, 0.05) is 32.5 Å². The molecule has 0 amide bonds. The summed E-state index contributed by atoms with van der Waals surface area (Å²) in [5.74, 6) is 0.851. The molecule has 3 atom stereocenters. The lowest BCUT2D eigenvalue weighted by atomic mass is 9.96. The maximum Gasteiger partial charge on any atom is 0.191 e. The van der Waals surface area contributed by atoms with Crippen molar-refractivity contribution < 1.29 is 4.74 Å². The van der Waals surface area contributed by atoms with Crippen LogP contribution < -0.4 is 10.6 Å². The fourth-order valence-corrected chi connectivity index (χ4v) is 3.70. The number of aliphatic imine (C=N–C) groups is 1. The standard InChI is InChI=1S/C19H25N5O/c1-20-19(23-17-10-16-6-7-18(17)25-16)22-11-14-2-4-15(5-3-14)12-24-9-8-21-13-24/h2-5,8-9,13,16-18H,6-7,10-12H2,1H3,(H2,20,22,23). The number of imidazole rings is 1. The van der Waals surface area contributed by atoms with Gasteiger partial charge in [0.25, 0.3) is 0 Å². The minimum absolute atomic E-state index is 0.353. The van der Waals surface area contributed by atoms with E-state index in [9.17, 15) is 0 Å². The first-order valence-electron chi connectivity index (χ1n) is 8.96. The predicted octanol–water partition coefficient (Wildman–Crippen LogP) is 1.92. The third-order valence-electron chi connectivity index (χ3n) is 5.06. The second-order valence-corrected chi connectivity index (χ2v) is 6.84. The molecule has 132 valence electrons. The molecule has 0 radical (unpaired) electrons. The van der Waals surface area contributed by atoms with Gasteiger partial charge in [-0.1, -0.05) is 24.3 Å². The van der Waals surface area contributed by atoms with Gasteiger partial charge in [-0.3, -0.25) is 4.99 Å². The average molecular weight is 339 g/mol. The first-order valence-corrected chi connectivity index (χ1v) is 8.96. The third-order valence-corrected chi connectivity index (χ3v) is 5.06. The Bertz CT molecular complexity index is 710. The molecule has 25 heavy (non-hydrogen) atoms. The van der Waals surface area contributed by atoms with Crippen molar-refractivity contribution in [3.05, 3.63) is 54.1 Å². The van der Waals surface area contributed by atoms with Crippen molar-refractivity contribution in [3.8, 4) is 0 Å². The molecule has 2 fully saturated rings. The molecule has 0 saturated carbocycles. The number of aromatic nitrogens is 2. The van der Waals surface area contributed by atoms with Crippen LogP contribution in [0.15, 0.2) is 48.0 Å². The Kier molecular flexibility index (Phi) is 4.70. The van der Waals surface area contributed by atoms with Crippen LogP contribution in [0.1, 0.15) is 30.4 Å². The molecular weight excluding hydrogens is 314 g/mol. The molecule has 0 aliphatic carbocycles. The lowest BCUT2D eigenvalue weighted by Gasteiger charge is -2.22. The van der Waals surface area contributed by atoms with Gasteiger partial charge >= 0.3 is 0 Å². The van der Waals surface area contributed by atoms with Crippen molar-refractivity contribution in [1.82, 2.24) is 20.2 Å². The maximum atomic E-state index is 5.90. The van der Waals surface area contributed by atoms with E-state index in [0.29, 0.717) is 18.2 Å². The monoisotopic (exact) mass is 339 g/mol. The molecule has 2 aliphatic heterocycles.